The standard InChI is InChI=1S/C21H26N2O3S/c1-16(2)18-12-10-17(11-13-18)15-22-21(24)20-9-6-14-23(20)27(25,26)19-7-4-3-5-8-19/h3-5,7-8,10-13,16,20H,6,9,14-15H2,1-2H3,(H,22,24). The molecule has 2 aromatic rings. The fourth-order valence-electron chi connectivity index (χ4n) is 3.35. The van der Waals surface area contributed by atoms with Crippen molar-refractivity contribution in [3.8, 4) is 0 Å². The molecule has 2 aromatic carbocycles. The molecule has 5 nitrogen and oxygen atoms in total. The predicted octanol–water partition coefficient (Wildman–Crippen LogP) is 3.28. The molecular weight excluding hydrogens is 360 g/mol. The van der Waals surface area contributed by atoms with Crippen LogP contribution in [0.25, 0.3) is 0 Å². The van der Waals surface area contributed by atoms with Gasteiger partial charge in [-0.3, -0.25) is 4.79 Å². The summed E-state index contributed by atoms with van der Waals surface area (Å²) in [5.41, 5.74) is 2.25. The molecule has 3 rings (SSSR count). The Labute approximate surface area is 161 Å². The highest BCUT2D eigenvalue weighted by Gasteiger charge is 2.39. The molecule has 1 aliphatic rings. The quantitative estimate of drug-likeness (QED) is 0.828. The molecule has 0 bridgehead atoms. The minimum atomic E-state index is -3.66. The number of nitrogens with one attached hydrogen (secondary N) is 1. The molecule has 1 N–H and O–H groups in total. The summed E-state index contributed by atoms with van der Waals surface area (Å²) >= 11 is 0. The van der Waals surface area contributed by atoms with E-state index >= 15 is 0 Å². The lowest BCUT2D eigenvalue weighted by Gasteiger charge is -2.23. The van der Waals surface area contributed by atoms with Gasteiger partial charge in [0.2, 0.25) is 15.9 Å². The van der Waals surface area contributed by atoms with Crippen LogP contribution >= 0.6 is 0 Å². The number of rotatable bonds is 6. The molecule has 1 unspecified atom stereocenters. The maximum absolute atomic E-state index is 12.9. The van der Waals surface area contributed by atoms with E-state index in [0.29, 0.717) is 31.8 Å². The fraction of sp³-hybridized carbons (Fsp3) is 0.381. The van der Waals surface area contributed by atoms with Crippen molar-refractivity contribution in [2.75, 3.05) is 6.54 Å². The van der Waals surface area contributed by atoms with Gasteiger partial charge in [-0.05, 0) is 42.0 Å². The van der Waals surface area contributed by atoms with E-state index in [2.05, 4.69) is 31.3 Å². The molecule has 0 saturated carbocycles. The van der Waals surface area contributed by atoms with E-state index in [4.69, 9.17) is 0 Å². The first-order chi connectivity index (χ1) is 12.9. The van der Waals surface area contributed by atoms with Crippen LogP contribution in [0.3, 0.4) is 0 Å². The van der Waals surface area contributed by atoms with E-state index in [1.807, 2.05) is 12.1 Å². The van der Waals surface area contributed by atoms with Gasteiger partial charge < -0.3 is 5.32 Å². The predicted molar refractivity (Wildman–Crippen MR) is 106 cm³/mol. The number of hydrogen-bond donors (Lipinski definition) is 1. The van der Waals surface area contributed by atoms with Crippen molar-refractivity contribution >= 4 is 15.9 Å². The Morgan fingerprint density at radius 3 is 2.41 bits per heavy atom. The van der Waals surface area contributed by atoms with Crippen LogP contribution in [0.4, 0.5) is 0 Å². The summed E-state index contributed by atoms with van der Waals surface area (Å²) in [7, 11) is -3.66. The zero-order valence-electron chi connectivity index (χ0n) is 15.8. The van der Waals surface area contributed by atoms with Crippen LogP contribution in [0.5, 0.6) is 0 Å². The molecule has 1 aliphatic heterocycles. The SMILES string of the molecule is CC(C)c1ccc(CNC(=O)C2CCCN2S(=O)(=O)c2ccccc2)cc1. The maximum Gasteiger partial charge on any atom is 0.243 e. The van der Waals surface area contributed by atoms with Crippen molar-refractivity contribution in [1.82, 2.24) is 9.62 Å². The van der Waals surface area contributed by atoms with Crippen LogP contribution in [0, 0.1) is 0 Å². The van der Waals surface area contributed by atoms with E-state index in [9.17, 15) is 13.2 Å². The third-order valence-corrected chi connectivity index (χ3v) is 6.89. The van der Waals surface area contributed by atoms with Crippen LogP contribution in [-0.2, 0) is 21.4 Å². The van der Waals surface area contributed by atoms with E-state index < -0.39 is 16.1 Å². The number of benzene rings is 2. The first kappa shape index (κ1) is 19.6. The maximum atomic E-state index is 12.9. The van der Waals surface area contributed by atoms with Crippen LogP contribution in [-0.4, -0.2) is 31.2 Å². The van der Waals surface area contributed by atoms with Gasteiger partial charge in [-0.15, -0.1) is 0 Å². The molecule has 0 spiro atoms. The van der Waals surface area contributed by atoms with Gasteiger partial charge in [-0.2, -0.15) is 4.31 Å². The Bertz CT molecular complexity index is 877. The van der Waals surface area contributed by atoms with Crippen molar-refractivity contribution in [3.63, 3.8) is 0 Å². The van der Waals surface area contributed by atoms with Gasteiger partial charge in [0.1, 0.15) is 6.04 Å². The Hall–Kier alpha value is -2.18. The largest absolute Gasteiger partial charge is 0.351 e. The second-order valence-corrected chi connectivity index (χ2v) is 9.09. The summed E-state index contributed by atoms with van der Waals surface area (Å²) in [6, 6.07) is 15.8. The van der Waals surface area contributed by atoms with E-state index in [1.165, 1.54) is 9.87 Å². The van der Waals surface area contributed by atoms with E-state index in [1.54, 1.807) is 30.3 Å². The molecular formula is C21H26N2O3S. The Morgan fingerprint density at radius 2 is 1.78 bits per heavy atom. The molecule has 1 heterocycles. The van der Waals surface area contributed by atoms with Crippen molar-refractivity contribution in [1.29, 1.82) is 0 Å². The third-order valence-electron chi connectivity index (χ3n) is 4.97. The molecule has 0 aliphatic carbocycles. The summed E-state index contributed by atoms with van der Waals surface area (Å²) in [6.07, 6.45) is 1.23. The molecule has 1 amide bonds. The monoisotopic (exact) mass is 386 g/mol. The lowest BCUT2D eigenvalue weighted by molar-refractivity contribution is -0.124. The summed E-state index contributed by atoms with van der Waals surface area (Å²) in [5, 5.41) is 2.90. The number of sulfonamides is 1. The topological polar surface area (TPSA) is 66.5 Å². The Morgan fingerprint density at radius 1 is 1.11 bits per heavy atom. The Balaban J connectivity index is 1.67. The first-order valence-electron chi connectivity index (χ1n) is 9.33. The molecule has 0 aromatic heterocycles. The number of carbonyl (C=O) groups is 1. The van der Waals surface area contributed by atoms with E-state index in [-0.39, 0.29) is 10.8 Å². The normalized spacial score (nSPS) is 18.0. The van der Waals surface area contributed by atoms with Gasteiger partial charge in [0.25, 0.3) is 0 Å². The van der Waals surface area contributed by atoms with Crippen LogP contribution < -0.4 is 5.32 Å². The zero-order valence-corrected chi connectivity index (χ0v) is 16.6. The summed E-state index contributed by atoms with van der Waals surface area (Å²) < 4.78 is 27.1. The lowest BCUT2D eigenvalue weighted by Crippen LogP contribution is -2.45. The second kappa shape index (κ2) is 8.23. The summed E-state index contributed by atoms with van der Waals surface area (Å²) in [5.74, 6) is 0.226. The van der Waals surface area contributed by atoms with Crippen molar-refractivity contribution in [3.05, 3.63) is 65.7 Å². The molecule has 0 radical (unpaired) electrons. The highest BCUT2D eigenvalue weighted by atomic mass is 32.2. The van der Waals surface area contributed by atoms with Gasteiger partial charge in [-0.1, -0.05) is 56.3 Å². The molecule has 1 saturated heterocycles. The molecule has 6 heteroatoms. The van der Waals surface area contributed by atoms with Gasteiger partial charge >= 0.3 is 0 Å². The van der Waals surface area contributed by atoms with Crippen LogP contribution in [0.15, 0.2) is 59.5 Å². The first-order valence-corrected chi connectivity index (χ1v) is 10.8. The van der Waals surface area contributed by atoms with Crippen molar-refractivity contribution in [2.24, 2.45) is 0 Å². The second-order valence-electron chi connectivity index (χ2n) is 7.20. The molecule has 144 valence electrons. The summed E-state index contributed by atoms with van der Waals surface area (Å²) in [4.78, 5) is 12.9. The fourth-order valence-corrected chi connectivity index (χ4v) is 5.02. The van der Waals surface area contributed by atoms with Crippen molar-refractivity contribution in [2.45, 2.75) is 50.1 Å². The third kappa shape index (κ3) is 4.39. The smallest absolute Gasteiger partial charge is 0.243 e. The average molecular weight is 387 g/mol. The minimum absolute atomic E-state index is 0.231. The van der Waals surface area contributed by atoms with Gasteiger partial charge in [0.05, 0.1) is 4.90 Å². The zero-order chi connectivity index (χ0) is 19.4. The highest BCUT2D eigenvalue weighted by molar-refractivity contribution is 7.89. The van der Waals surface area contributed by atoms with Crippen LogP contribution in [0.2, 0.25) is 0 Å². The van der Waals surface area contributed by atoms with E-state index in [0.717, 1.165) is 5.56 Å². The van der Waals surface area contributed by atoms with Crippen molar-refractivity contribution < 1.29 is 13.2 Å². The van der Waals surface area contributed by atoms with Gasteiger partial charge in [0, 0.05) is 13.1 Å². The number of carbonyl (C=O) groups excluding carboxylic acids is 1. The van der Waals surface area contributed by atoms with Crippen LogP contribution in [0.1, 0.15) is 43.7 Å². The van der Waals surface area contributed by atoms with Gasteiger partial charge in [-0.25, -0.2) is 8.42 Å². The lowest BCUT2D eigenvalue weighted by atomic mass is 10.0. The number of hydrogen-bond acceptors (Lipinski definition) is 3. The number of nitrogens with zero attached hydrogens (tertiary/aromatic N) is 1. The highest BCUT2D eigenvalue weighted by Crippen LogP contribution is 2.26. The molecule has 1 fully saturated rings. The molecule has 27 heavy (non-hydrogen) atoms. The summed E-state index contributed by atoms with van der Waals surface area (Å²) in [6.45, 7) is 5.04. The minimum Gasteiger partial charge on any atom is -0.351 e. The molecule has 1 atom stereocenters. The van der Waals surface area contributed by atoms with Gasteiger partial charge in [0.15, 0.2) is 0 Å². The average Bonchev–Trinajstić information content (AvgIpc) is 3.18. The Kier molecular flexibility index (Phi) is 5.97. The number of amides is 1.